The molecule has 0 unspecified atom stereocenters. The summed E-state index contributed by atoms with van der Waals surface area (Å²) in [7, 11) is 0. The minimum Gasteiger partial charge on any atom is -0.346 e. The van der Waals surface area contributed by atoms with E-state index < -0.39 is 0 Å². The molecule has 78 valence electrons. The number of nitrogens with zero attached hydrogens (tertiary/aromatic N) is 2. The molecule has 0 radical (unpaired) electrons. The number of aromatic nitrogens is 2. The highest BCUT2D eigenvalue weighted by Gasteiger charge is 2.12. The lowest BCUT2D eigenvalue weighted by atomic mass is 10.3. The summed E-state index contributed by atoms with van der Waals surface area (Å²) in [4.78, 5) is 13.6. The monoisotopic (exact) mass is 239 g/mol. The van der Waals surface area contributed by atoms with Crippen LogP contribution in [0.1, 0.15) is 20.2 Å². The molecule has 4 nitrogen and oxygen atoms in total. The van der Waals surface area contributed by atoms with Gasteiger partial charge in [0.25, 0.3) is 5.91 Å². The Morgan fingerprint density at radius 2 is 2.47 bits per heavy atom. The maximum Gasteiger partial charge on any atom is 0.273 e. The van der Waals surface area contributed by atoms with Gasteiger partial charge in [0, 0.05) is 4.88 Å². The van der Waals surface area contributed by atoms with Gasteiger partial charge in [0.15, 0.2) is 5.69 Å². The lowest BCUT2D eigenvalue weighted by molar-refractivity contribution is 0.0945. The Morgan fingerprint density at radius 3 is 3.07 bits per heavy atom. The highest BCUT2D eigenvalue weighted by Crippen LogP contribution is 2.10. The summed E-state index contributed by atoms with van der Waals surface area (Å²) in [6, 6.07) is 3.94. The van der Waals surface area contributed by atoms with Crippen LogP contribution in [0.5, 0.6) is 0 Å². The highest BCUT2D eigenvalue weighted by molar-refractivity contribution is 7.09. The van der Waals surface area contributed by atoms with Gasteiger partial charge in [-0.1, -0.05) is 10.6 Å². The fourth-order valence-electron chi connectivity index (χ4n) is 1.11. The second-order valence-corrected chi connectivity index (χ2v) is 4.93. The molecular weight excluding hydrogens is 230 g/mol. The van der Waals surface area contributed by atoms with E-state index in [4.69, 9.17) is 0 Å². The predicted octanol–water partition coefficient (Wildman–Crippen LogP) is 1.84. The summed E-state index contributed by atoms with van der Waals surface area (Å²) in [5.74, 6) is -0.158. The van der Waals surface area contributed by atoms with Gasteiger partial charge >= 0.3 is 0 Å². The van der Waals surface area contributed by atoms with Gasteiger partial charge in [-0.2, -0.15) is 0 Å². The third-order valence-corrected chi connectivity index (χ3v) is 3.38. The van der Waals surface area contributed by atoms with E-state index in [1.54, 1.807) is 11.3 Å². The summed E-state index contributed by atoms with van der Waals surface area (Å²) < 4.78 is 3.72. The maximum absolute atomic E-state index is 11.6. The molecule has 6 heteroatoms. The van der Waals surface area contributed by atoms with Crippen molar-refractivity contribution in [1.29, 1.82) is 0 Å². The van der Waals surface area contributed by atoms with Crippen molar-refractivity contribution < 1.29 is 4.79 Å². The number of carbonyl (C=O) groups is 1. The standard InChI is InChI=1S/C9H9N3OS2/c1-6-8(11-12-15-6)9(13)10-5-7-3-2-4-14-7/h2-4H,5H2,1H3,(H,10,13). The molecule has 2 rings (SSSR count). The Labute approximate surface area is 95.1 Å². The van der Waals surface area contributed by atoms with Gasteiger partial charge in [0.2, 0.25) is 0 Å². The number of aryl methyl sites for hydroxylation is 1. The molecular formula is C9H9N3OS2. The third-order valence-electron chi connectivity index (χ3n) is 1.87. The van der Waals surface area contributed by atoms with Crippen LogP contribution < -0.4 is 5.32 Å². The predicted molar refractivity (Wildman–Crippen MR) is 60.1 cm³/mol. The van der Waals surface area contributed by atoms with Crippen molar-refractivity contribution in [3.05, 3.63) is 33.0 Å². The average molecular weight is 239 g/mol. The van der Waals surface area contributed by atoms with E-state index >= 15 is 0 Å². The number of rotatable bonds is 3. The second-order valence-electron chi connectivity index (χ2n) is 2.94. The van der Waals surface area contributed by atoms with Crippen LogP contribution in [-0.2, 0) is 6.54 Å². The molecule has 0 atom stereocenters. The molecule has 0 aliphatic heterocycles. The first-order valence-electron chi connectivity index (χ1n) is 4.37. The molecule has 0 saturated heterocycles. The number of hydrogen-bond donors (Lipinski definition) is 1. The number of carbonyl (C=O) groups excluding carboxylic acids is 1. The zero-order valence-corrected chi connectivity index (χ0v) is 9.69. The number of nitrogens with one attached hydrogen (secondary N) is 1. The molecule has 2 aromatic rings. The molecule has 15 heavy (non-hydrogen) atoms. The van der Waals surface area contributed by atoms with E-state index in [2.05, 4.69) is 14.9 Å². The van der Waals surface area contributed by atoms with E-state index in [0.717, 1.165) is 9.75 Å². The van der Waals surface area contributed by atoms with Crippen molar-refractivity contribution in [2.24, 2.45) is 0 Å². The topological polar surface area (TPSA) is 54.9 Å². The first-order chi connectivity index (χ1) is 7.27. The van der Waals surface area contributed by atoms with Crippen LogP contribution in [-0.4, -0.2) is 15.5 Å². The van der Waals surface area contributed by atoms with Gasteiger partial charge in [0.1, 0.15) is 0 Å². The van der Waals surface area contributed by atoms with Crippen molar-refractivity contribution in [2.75, 3.05) is 0 Å². The minimum atomic E-state index is -0.158. The average Bonchev–Trinajstić information content (AvgIpc) is 2.84. The van der Waals surface area contributed by atoms with E-state index in [-0.39, 0.29) is 5.91 Å². The molecule has 0 aliphatic rings. The van der Waals surface area contributed by atoms with Crippen LogP contribution in [0.2, 0.25) is 0 Å². The van der Waals surface area contributed by atoms with Crippen molar-refractivity contribution in [1.82, 2.24) is 14.9 Å². The molecule has 0 saturated carbocycles. The fourth-order valence-corrected chi connectivity index (χ4v) is 2.22. The summed E-state index contributed by atoms with van der Waals surface area (Å²) in [5, 5.41) is 8.56. The Hall–Kier alpha value is -1.27. The Morgan fingerprint density at radius 1 is 1.60 bits per heavy atom. The SMILES string of the molecule is Cc1snnc1C(=O)NCc1cccs1. The second kappa shape index (κ2) is 4.50. The normalized spacial score (nSPS) is 10.2. The molecule has 0 fully saturated rings. The van der Waals surface area contributed by atoms with Gasteiger partial charge in [0.05, 0.1) is 11.4 Å². The zero-order chi connectivity index (χ0) is 10.7. The first kappa shape index (κ1) is 10.3. The van der Waals surface area contributed by atoms with Gasteiger partial charge in [-0.25, -0.2) is 0 Å². The molecule has 1 amide bonds. The first-order valence-corrected chi connectivity index (χ1v) is 6.02. The van der Waals surface area contributed by atoms with Crippen LogP contribution in [0.4, 0.5) is 0 Å². The molecule has 2 heterocycles. The van der Waals surface area contributed by atoms with Crippen molar-refractivity contribution in [2.45, 2.75) is 13.5 Å². The molecule has 0 spiro atoms. The van der Waals surface area contributed by atoms with Crippen LogP contribution in [0.3, 0.4) is 0 Å². The largest absolute Gasteiger partial charge is 0.346 e. The van der Waals surface area contributed by atoms with Crippen LogP contribution in [0.25, 0.3) is 0 Å². The Bertz CT molecular complexity index is 450. The fraction of sp³-hybridized carbons (Fsp3) is 0.222. The smallest absolute Gasteiger partial charge is 0.273 e. The summed E-state index contributed by atoms with van der Waals surface area (Å²) in [6.07, 6.45) is 0. The molecule has 0 aromatic carbocycles. The van der Waals surface area contributed by atoms with Crippen molar-refractivity contribution in [3.63, 3.8) is 0 Å². The Kier molecular flexibility index (Phi) is 3.08. The molecule has 0 bridgehead atoms. The van der Waals surface area contributed by atoms with E-state index in [1.807, 2.05) is 24.4 Å². The quantitative estimate of drug-likeness (QED) is 0.889. The van der Waals surface area contributed by atoms with Gasteiger partial charge in [-0.15, -0.1) is 16.4 Å². The summed E-state index contributed by atoms with van der Waals surface area (Å²) >= 11 is 2.85. The Balaban J connectivity index is 1.96. The zero-order valence-electron chi connectivity index (χ0n) is 8.06. The van der Waals surface area contributed by atoms with E-state index in [0.29, 0.717) is 12.2 Å². The third kappa shape index (κ3) is 2.40. The number of thiophene rings is 1. The van der Waals surface area contributed by atoms with Crippen molar-refractivity contribution >= 4 is 28.8 Å². The molecule has 0 aliphatic carbocycles. The minimum absolute atomic E-state index is 0.158. The molecule has 1 N–H and O–H groups in total. The van der Waals surface area contributed by atoms with Crippen LogP contribution in [0.15, 0.2) is 17.5 Å². The van der Waals surface area contributed by atoms with Crippen LogP contribution >= 0.6 is 22.9 Å². The van der Waals surface area contributed by atoms with Gasteiger partial charge in [-0.3, -0.25) is 4.79 Å². The van der Waals surface area contributed by atoms with Gasteiger partial charge < -0.3 is 5.32 Å². The number of hydrogen-bond acceptors (Lipinski definition) is 5. The van der Waals surface area contributed by atoms with E-state index in [1.165, 1.54) is 11.5 Å². The van der Waals surface area contributed by atoms with Crippen LogP contribution in [0, 0.1) is 6.92 Å². The lowest BCUT2D eigenvalue weighted by Gasteiger charge is -2.00. The van der Waals surface area contributed by atoms with Crippen molar-refractivity contribution in [3.8, 4) is 0 Å². The van der Waals surface area contributed by atoms with Gasteiger partial charge in [-0.05, 0) is 29.9 Å². The van der Waals surface area contributed by atoms with E-state index in [9.17, 15) is 4.79 Å². The number of amides is 1. The molecule has 2 aromatic heterocycles. The summed E-state index contributed by atoms with van der Waals surface area (Å²) in [5.41, 5.74) is 0.427. The lowest BCUT2D eigenvalue weighted by Crippen LogP contribution is -2.23. The highest BCUT2D eigenvalue weighted by atomic mass is 32.1. The maximum atomic E-state index is 11.6. The summed E-state index contributed by atoms with van der Waals surface area (Å²) in [6.45, 7) is 2.39.